The molecule has 0 aromatic heterocycles. The summed E-state index contributed by atoms with van der Waals surface area (Å²) in [7, 11) is -3.69. The number of nitrogens with zero attached hydrogens (tertiary/aromatic N) is 1. The normalized spacial score (nSPS) is 28.6. The number of carbonyl (C=O) groups is 1. The zero-order chi connectivity index (χ0) is 15.1. The Morgan fingerprint density at radius 2 is 2.00 bits per heavy atom. The molecule has 0 heterocycles. The van der Waals surface area contributed by atoms with Crippen molar-refractivity contribution >= 4 is 15.8 Å². The Balaban J connectivity index is 2.54. The monoisotopic (exact) mass is 297 g/mol. The largest absolute Gasteiger partial charge is 0.480 e. The van der Waals surface area contributed by atoms with Crippen molar-refractivity contribution in [3.8, 4) is 6.07 Å². The molecule has 7 heteroatoms. The first kappa shape index (κ1) is 14.5. The Hall–Kier alpha value is -1.94. The third-order valence-electron chi connectivity index (χ3n) is 3.69. The predicted octanol–water partition coefficient (Wildman–Crippen LogP) is 1.32. The van der Waals surface area contributed by atoms with Crippen LogP contribution in [0.1, 0.15) is 18.4 Å². The van der Waals surface area contributed by atoms with Crippen LogP contribution in [0.25, 0.3) is 0 Å². The number of hydrogen-bond acceptors (Lipinski definition) is 4. The SMILES string of the molecule is CCS(=O)(=O)[C@@H]1[C@@H](c2ccc(F)cc2)[C@@]1(C#N)C(=O)O. The second-order valence-corrected chi connectivity index (χ2v) is 7.10. The van der Waals surface area contributed by atoms with Gasteiger partial charge in [-0.15, -0.1) is 0 Å². The van der Waals surface area contributed by atoms with Gasteiger partial charge in [0.1, 0.15) is 11.1 Å². The van der Waals surface area contributed by atoms with Gasteiger partial charge in [-0.25, -0.2) is 12.8 Å². The highest BCUT2D eigenvalue weighted by Crippen LogP contribution is 2.62. The van der Waals surface area contributed by atoms with Crippen LogP contribution in [0, 0.1) is 22.6 Å². The zero-order valence-electron chi connectivity index (χ0n) is 10.6. The molecule has 1 aliphatic rings. The number of benzene rings is 1. The van der Waals surface area contributed by atoms with Gasteiger partial charge in [0.15, 0.2) is 15.3 Å². The maximum atomic E-state index is 12.9. The first-order valence-electron chi connectivity index (χ1n) is 5.93. The second kappa shape index (κ2) is 4.56. The summed E-state index contributed by atoms with van der Waals surface area (Å²) in [6, 6.07) is 6.51. The number of carboxylic acid groups (broad SMARTS) is 1. The molecule has 0 unspecified atom stereocenters. The lowest BCUT2D eigenvalue weighted by Crippen LogP contribution is -2.23. The van der Waals surface area contributed by atoms with Gasteiger partial charge in [0.2, 0.25) is 0 Å². The lowest BCUT2D eigenvalue weighted by atomic mass is 10.0. The molecule has 1 aliphatic carbocycles. The lowest BCUT2D eigenvalue weighted by molar-refractivity contribution is -0.141. The van der Waals surface area contributed by atoms with Crippen molar-refractivity contribution in [1.29, 1.82) is 5.26 Å². The number of sulfone groups is 1. The molecule has 1 fully saturated rings. The fourth-order valence-corrected chi connectivity index (χ4v) is 4.50. The van der Waals surface area contributed by atoms with Crippen LogP contribution in [0.3, 0.4) is 0 Å². The number of carboxylic acids is 1. The third-order valence-corrected chi connectivity index (χ3v) is 5.91. The number of aliphatic carboxylic acids is 1. The van der Waals surface area contributed by atoms with Crippen LogP contribution in [0.2, 0.25) is 0 Å². The molecule has 0 amide bonds. The van der Waals surface area contributed by atoms with Gasteiger partial charge in [0.25, 0.3) is 0 Å². The van der Waals surface area contributed by atoms with Gasteiger partial charge in [0, 0.05) is 11.7 Å². The molecular weight excluding hydrogens is 285 g/mol. The molecule has 0 radical (unpaired) electrons. The Morgan fingerprint density at radius 1 is 1.45 bits per heavy atom. The second-order valence-electron chi connectivity index (χ2n) is 4.69. The molecule has 0 aliphatic heterocycles. The summed E-state index contributed by atoms with van der Waals surface area (Å²) >= 11 is 0. The van der Waals surface area contributed by atoms with E-state index in [4.69, 9.17) is 0 Å². The van der Waals surface area contributed by atoms with Crippen molar-refractivity contribution in [2.45, 2.75) is 18.1 Å². The fraction of sp³-hybridized carbons (Fsp3) is 0.385. The summed E-state index contributed by atoms with van der Waals surface area (Å²) < 4.78 is 36.9. The van der Waals surface area contributed by atoms with Crippen molar-refractivity contribution in [3.05, 3.63) is 35.6 Å². The summed E-state index contributed by atoms with van der Waals surface area (Å²) in [4.78, 5) is 11.4. The Morgan fingerprint density at radius 3 is 2.40 bits per heavy atom. The van der Waals surface area contributed by atoms with Crippen LogP contribution in [-0.2, 0) is 14.6 Å². The highest BCUT2D eigenvalue weighted by Gasteiger charge is 2.76. The van der Waals surface area contributed by atoms with Crippen LogP contribution in [0.5, 0.6) is 0 Å². The summed E-state index contributed by atoms with van der Waals surface area (Å²) in [5.74, 6) is -3.18. The molecule has 3 atom stereocenters. The van der Waals surface area contributed by atoms with Crippen LogP contribution in [0.15, 0.2) is 24.3 Å². The zero-order valence-corrected chi connectivity index (χ0v) is 11.4. The smallest absolute Gasteiger partial charge is 0.326 e. The first-order valence-corrected chi connectivity index (χ1v) is 7.64. The standard InChI is InChI=1S/C13H12FNO4S/c1-2-20(18,19)11-10(13(11,7-15)12(16)17)8-3-5-9(14)6-4-8/h3-6,10-11H,2H2,1H3,(H,16,17)/t10-,11-,13-/m1/s1. The lowest BCUT2D eigenvalue weighted by Gasteiger charge is -2.02. The van der Waals surface area contributed by atoms with Crippen LogP contribution in [0.4, 0.5) is 4.39 Å². The van der Waals surface area contributed by atoms with Crippen molar-refractivity contribution in [3.63, 3.8) is 0 Å². The predicted molar refractivity (Wildman–Crippen MR) is 68.1 cm³/mol. The van der Waals surface area contributed by atoms with Crippen molar-refractivity contribution < 1.29 is 22.7 Å². The molecular formula is C13H12FNO4S. The highest BCUT2D eigenvalue weighted by molar-refractivity contribution is 7.92. The van der Waals surface area contributed by atoms with Gasteiger partial charge in [-0.05, 0) is 17.7 Å². The van der Waals surface area contributed by atoms with Gasteiger partial charge < -0.3 is 5.11 Å². The maximum absolute atomic E-state index is 12.9. The molecule has 1 saturated carbocycles. The van der Waals surface area contributed by atoms with Gasteiger partial charge >= 0.3 is 5.97 Å². The Kier molecular flexibility index (Phi) is 3.30. The average molecular weight is 297 g/mol. The van der Waals surface area contributed by atoms with Gasteiger partial charge in [0.05, 0.1) is 6.07 Å². The van der Waals surface area contributed by atoms with E-state index in [1.165, 1.54) is 19.1 Å². The fourth-order valence-electron chi connectivity index (χ4n) is 2.57. The van der Waals surface area contributed by atoms with E-state index in [2.05, 4.69) is 0 Å². The van der Waals surface area contributed by atoms with E-state index in [-0.39, 0.29) is 5.75 Å². The summed E-state index contributed by atoms with van der Waals surface area (Å²) in [6.45, 7) is 1.40. The van der Waals surface area contributed by atoms with E-state index in [0.717, 1.165) is 12.1 Å². The van der Waals surface area contributed by atoms with E-state index in [1.54, 1.807) is 6.07 Å². The summed E-state index contributed by atoms with van der Waals surface area (Å²) in [6.07, 6.45) is 0. The van der Waals surface area contributed by atoms with Crippen molar-refractivity contribution in [1.82, 2.24) is 0 Å². The third kappa shape index (κ3) is 1.88. The first-order chi connectivity index (χ1) is 9.31. The highest BCUT2D eigenvalue weighted by atomic mass is 32.2. The van der Waals surface area contributed by atoms with Crippen LogP contribution in [-0.4, -0.2) is 30.5 Å². The molecule has 1 aromatic rings. The van der Waals surface area contributed by atoms with Gasteiger partial charge in [-0.3, -0.25) is 4.79 Å². The maximum Gasteiger partial charge on any atom is 0.326 e. The molecule has 5 nitrogen and oxygen atoms in total. The summed E-state index contributed by atoms with van der Waals surface area (Å²) in [5.41, 5.74) is -1.63. The van der Waals surface area contributed by atoms with E-state index in [9.17, 15) is 28.0 Å². The molecule has 0 bridgehead atoms. The molecule has 0 saturated heterocycles. The van der Waals surface area contributed by atoms with Gasteiger partial charge in [-0.2, -0.15) is 5.26 Å². The van der Waals surface area contributed by atoms with E-state index in [1.807, 2.05) is 0 Å². The van der Waals surface area contributed by atoms with Gasteiger partial charge in [-0.1, -0.05) is 19.1 Å². The van der Waals surface area contributed by atoms with Crippen molar-refractivity contribution in [2.75, 3.05) is 5.75 Å². The summed E-state index contributed by atoms with van der Waals surface area (Å²) in [5, 5.41) is 17.1. The number of halogens is 1. The number of nitriles is 1. The topological polar surface area (TPSA) is 95.2 Å². The minimum atomic E-state index is -3.69. The van der Waals surface area contributed by atoms with E-state index < -0.39 is 38.2 Å². The van der Waals surface area contributed by atoms with E-state index in [0.29, 0.717) is 5.56 Å². The minimum Gasteiger partial charge on any atom is -0.480 e. The molecule has 1 N–H and O–H groups in total. The quantitative estimate of drug-likeness (QED) is 0.904. The molecule has 1 aromatic carbocycles. The molecule has 2 rings (SSSR count). The number of hydrogen-bond donors (Lipinski definition) is 1. The molecule has 20 heavy (non-hydrogen) atoms. The Labute approximate surface area is 115 Å². The molecule has 0 spiro atoms. The van der Waals surface area contributed by atoms with Crippen LogP contribution < -0.4 is 0 Å². The van der Waals surface area contributed by atoms with Crippen LogP contribution >= 0.6 is 0 Å². The van der Waals surface area contributed by atoms with E-state index >= 15 is 0 Å². The number of rotatable bonds is 4. The average Bonchev–Trinajstić information content (AvgIpc) is 3.11. The Bertz CT molecular complexity index is 692. The minimum absolute atomic E-state index is 0.244. The van der Waals surface area contributed by atoms with Crippen molar-refractivity contribution in [2.24, 2.45) is 5.41 Å². The molecule has 106 valence electrons.